The topological polar surface area (TPSA) is 99.9 Å². The van der Waals surface area contributed by atoms with Gasteiger partial charge in [0.25, 0.3) is 5.91 Å². The van der Waals surface area contributed by atoms with Crippen molar-refractivity contribution in [2.24, 2.45) is 4.99 Å². The Kier molecular flexibility index (Phi) is 5.79. The normalized spacial score (nSPS) is 26.8. The first-order valence-corrected chi connectivity index (χ1v) is 11.0. The molecule has 2 aromatic rings. The number of carbonyl (C=O) groups excluding carboxylic acids is 1. The second kappa shape index (κ2) is 8.75. The zero-order chi connectivity index (χ0) is 23.1. The Balaban J connectivity index is 1.45. The number of ether oxygens (including phenoxy) is 1. The van der Waals surface area contributed by atoms with Crippen LogP contribution in [0.1, 0.15) is 41.3 Å². The SMILES string of the molecule is Cc1ccc(F)cc1[C@H]1C[C@H](F)CN1C(=O)C1=NCc2ncnc(N[C@@H]3CCOC[C@H]3O)c21. The number of likely N-dealkylation sites (tertiary alicyclic amines) is 1. The Morgan fingerprint density at radius 2 is 2.18 bits per heavy atom. The zero-order valence-corrected chi connectivity index (χ0v) is 18.2. The number of amides is 1. The molecule has 8 nitrogen and oxygen atoms in total. The molecular formula is C23H25F2N5O3. The Morgan fingerprint density at radius 3 is 3.00 bits per heavy atom. The van der Waals surface area contributed by atoms with Gasteiger partial charge in [0.2, 0.25) is 0 Å². The summed E-state index contributed by atoms with van der Waals surface area (Å²) in [6.07, 6.45) is 0.137. The van der Waals surface area contributed by atoms with Crippen molar-refractivity contribution >= 4 is 17.4 Å². The van der Waals surface area contributed by atoms with E-state index in [9.17, 15) is 18.7 Å². The summed E-state index contributed by atoms with van der Waals surface area (Å²) in [5.41, 5.74) is 2.60. The van der Waals surface area contributed by atoms with Crippen molar-refractivity contribution in [1.82, 2.24) is 14.9 Å². The van der Waals surface area contributed by atoms with Gasteiger partial charge in [0, 0.05) is 13.0 Å². The van der Waals surface area contributed by atoms with E-state index in [1.54, 1.807) is 6.07 Å². The summed E-state index contributed by atoms with van der Waals surface area (Å²) in [6.45, 7) is 2.65. The number of carbonyl (C=O) groups is 1. The van der Waals surface area contributed by atoms with E-state index in [1.165, 1.54) is 23.4 Å². The van der Waals surface area contributed by atoms with Crippen molar-refractivity contribution in [3.05, 3.63) is 52.7 Å². The number of aliphatic hydroxyl groups is 1. The van der Waals surface area contributed by atoms with Crippen LogP contribution < -0.4 is 5.32 Å². The average molecular weight is 457 g/mol. The highest BCUT2D eigenvalue weighted by molar-refractivity contribution is 6.47. The van der Waals surface area contributed by atoms with E-state index in [0.717, 1.165) is 5.56 Å². The monoisotopic (exact) mass is 457 g/mol. The van der Waals surface area contributed by atoms with Gasteiger partial charge in [0.05, 0.1) is 49.1 Å². The number of aliphatic hydroxyl groups excluding tert-OH is 1. The van der Waals surface area contributed by atoms with Crippen molar-refractivity contribution < 1.29 is 23.4 Å². The van der Waals surface area contributed by atoms with Gasteiger partial charge >= 0.3 is 0 Å². The molecule has 10 heteroatoms. The van der Waals surface area contributed by atoms with Crippen molar-refractivity contribution in [3.63, 3.8) is 0 Å². The first kappa shape index (κ1) is 21.8. The summed E-state index contributed by atoms with van der Waals surface area (Å²) in [7, 11) is 0. The van der Waals surface area contributed by atoms with Crippen LogP contribution in [0.15, 0.2) is 29.5 Å². The maximum Gasteiger partial charge on any atom is 0.273 e. The van der Waals surface area contributed by atoms with Crippen LogP contribution in [0.3, 0.4) is 0 Å². The molecular weight excluding hydrogens is 432 g/mol. The van der Waals surface area contributed by atoms with E-state index in [1.807, 2.05) is 6.92 Å². The lowest BCUT2D eigenvalue weighted by atomic mass is 9.98. The fraction of sp³-hybridized carbons (Fsp3) is 0.478. The first-order chi connectivity index (χ1) is 15.9. The van der Waals surface area contributed by atoms with E-state index in [4.69, 9.17) is 4.74 Å². The molecule has 4 atom stereocenters. The number of anilines is 1. The predicted molar refractivity (Wildman–Crippen MR) is 116 cm³/mol. The second-order valence-electron chi connectivity index (χ2n) is 8.70. The van der Waals surface area contributed by atoms with Crippen molar-refractivity contribution in [2.45, 2.75) is 50.7 Å². The molecule has 0 radical (unpaired) electrons. The number of halogens is 2. The van der Waals surface area contributed by atoms with Crippen LogP contribution in [-0.4, -0.2) is 69.7 Å². The van der Waals surface area contributed by atoms with E-state index < -0.39 is 30.0 Å². The maximum absolute atomic E-state index is 14.5. The van der Waals surface area contributed by atoms with Gasteiger partial charge in [-0.3, -0.25) is 9.79 Å². The van der Waals surface area contributed by atoms with Crippen LogP contribution in [0.4, 0.5) is 14.6 Å². The van der Waals surface area contributed by atoms with Crippen LogP contribution in [0, 0.1) is 12.7 Å². The minimum absolute atomic E-state index is 0.0943. The molecule has 2 fully saturated rings. The van der Waals surface area contributed by atoms with Crippen LogP contribution in [0.5, 0.6) is 0 Å². The summed E-state index contributed by atoms with van der Waals surface area (Å²) in [5, 5.41) is 13.5. The molecule has 1 aromatic carbocycles. The third-order valence-corrected chi connectivity index (χ3v) is 6.51. The van der Waals surface area contributed by atoms with Crippen molar-refractivity contribution in [3.8, 4) is 0 Å². The smallest absolute Gasteiger partial charge is 0.273 e. The average Bonchev–Trinajstić information content (AvgIpc) is 3.41. The number of alkyl halides is 1. The van der Waals surface area contributed by atoms with Crippen LogP contribution in [-0.2, 0) is 16.1 Å². The highest BCUT2D eigenvalue weighted by atomic mass is 19.1. The van der Waals surface area contributed by atoms with Gasteiger partial charge in [-0.15, -0.1) is 0 Å². The second-order valence-corrected chi connectivity index (χ2v) is 8.70. The molecule has 5 rings (SSSR count). The summed E-state index contributed by atoms with van der Waals surface area (Å²) in [5.74, 6) is -0.457. The Hall–Kier alpha value is -2.98. The number of hydrogen-bond acceptors (Lipinski definition) is 7. The van der Waals surface area contributed by atoms with E-state index in [0.29, 0.717) is 35.7 Å². The molecule has 2 saturated heterocycles. The van der Waals surface area contributed by atoms with Gasteiger partial charge in [-0.25, -0.2) is 18.7 Å². The molecule has 0 bridgehead atoms. The van der Waals surface area contributed by atoms with Gasteiger partial charge in [-0.1, -0.05) is 6.07 Å². The van der Waals surface area contributed by atoms with Gasteiger partial charge in [-0.05, 0) is 36.6 Å². The first-order valence-electron chi connectivity index (χ1n) is 11.0. The lowest BCUT2D eigenvalue weighted by molar-refractivity contribution is -0.125. The predicted octanol–water partition coefficient (Wildman–Crippen LogP) is 2.10. The molecule has 4 heterocycles. The Bertz CT molecular complexity index is 1110. The molecule has 1 aromatic heterocycles. The molecule has 0 spiro atoms. The van der Waals surface area contributed by atoms with Crippen molar-refractivity contribution in [2.75, 3.05) is 25.1 Å². The molecule has 0 aliphatic carbocycles. The minimum atomic E-state index is -1.22. The molecule has 3 aliphatic rings. The van der Waals surface area contributed by atoms with Crippen LogP contribution in [0.2, 0.25) is 0 Å². The molecule has 0 saturated carbocycles. The van der Waals surface area contributed by atoms with Crippen LogP contribution >= 0.6 is 0 Å². The quantitative estimate of drug-likeness (QED) is 0.730. The number of nitrogens with one attached hydrogen (secondary N) is 1. The molecule has 174 valence electrons. The fourth-order valence-electron chi connectivity index (χ4n) is 4.79. The van der Waals surface area contributed by atoms with Crippen molar-refractivity contribution in [1.29, 1.82) is 0 Å². The lowest BCUT2D eigenvalue weighted by Crippen LogP contribution is -2.43. The number of hydrogen-bond donors (Lipinski definition) is 2. The molecule has 2 N–H and O–H groups in total. The third kappa shape index (κ3) is 4.08. The summed E-state index contributed by atoms with van der Waals surface area (Å²) < 4.78 is 33.7. The third-order valence-electron chi connectivity index (χ3n) is 6.51. The van der Waals surface area contributed by atoms with Gasteiger partial charge in [-0.2, -0.15) is 0 Å². The number of aryl methyl sites for hydroxylation is 1. The standard InChI is InChI=1S/C23H25F2N5O3/c1-12-2-3-13(24)6-15(12)18-7-14(25)9-30(18)23(32)21-20-17(8-26-21)27-11-28-22(20)29-16-4-5-33-10-19(16)31/h2-3,6,11,14,16,18-19,31H,4-5,7-10H2,1H3,(H,27,28,29)/t14-,16+,18+,19+/m0/s1. The summed E-state index contributed by atoms with van der Waals surface area (Å²) >= 11 is 0. The van der Waals surface area contributed by atoms with Gasteiger partial charge in [0.1, 0.15) is 29.8 Å². The summed E-state index contributed by atoms with van der Waals surface area (Å²) in [4.78, 5) is 28.0. The lowest BCUT2D eigenvalue weighted by Gasteiger charge is -2.30. The zero-order valence-electron chi connectivity index (χ0n) is 18.2. The largest absolute Gasteiger partial charge is 0.389 e. The molecule has 0 unspecified atom stereocenters. The highest BCUT2D eigenvalue weighted by Crippen LogP contribution is 2.37. The maximum atomic E-state index is 14.5. The molecule has 1 amide bonds. The number of aromatic nitrogens is 2. The van der Waals surface area contributed by atoms with E-state index in [2.05, 4.69) is 20.3 Å². The number of nitrogens with zero attached hydrogens (tertiary/aromatic N) is 4. The fourth-order valence-corrected chi connectivity index (χ4v) is 4.79. The number of aliphatic imine (C=N–C) groups is 1. The summed E-state index contributed by atoms with van der Waals surface area (Å²) in [6, 6.07) is 3.47. The van der Waals surface area contributed by atoms with Gasteiger partial charge < -0.3 is 20.1 Å². The Labute approximate surface area is 189 Å². The van der Waals surface area contributed by atoms with Crippen LogP contribution in [0.25, 0.3) is 0 Å². The Morgan fingerprint density at radius 1 is 1.33 bits per heavy atom. The highest BCUT2D eigenvalue weighted by Gasteiger charge is 2.41. The van der Waals surface area contributed by atoms with E-state index in [-0.39, 0.29) is 37.9 Å². The number of benzene rings is 1. The van der Waals surface area contributed by atoms with Gasteiger partial charge in [0.15, 0.2) is 0 Å². The minimum Gasteiger partial charge on any atom is -0.389 e. The molecule has 3 aliphatic heterocycles. The van der Waals surface area contributed by atoms with E-state index >= 15 is 0 Å². The number of rotatable bonds is 4. The molecule has 33 heavy (non-hydrogen) atoms. The number of fused-ring (bicyclic) bond motifs is 1.